The molecule has 0 aliphatic rings. The summed E-state index contributed by atoms with van der Waals surface area (Å²) in [6, 6.07) is -5.24. The quantitative estimate of drug-likeness (QED) is 0.0932. The number of hydrogen-bond donors (Lipinski definition) is 8. The number of aliphatic carboxylic acids is 2. The van der Waals surface area contributed by atoms with Crippen LogP contribution in [-0.4, -0.2) is 75.9 Å². The van der Waals surface area contributed by atoms with Gasteiger partial charge in [0.2, 0.25) is 29.5 Å². The van der Waals surface area contributed by atoms with Gasteiger partial charge in [-0.25, -0.2) is 4.79 Å². The predicted octanol–water partition coefficient (Wildman–Crippen LogP) is -2.71. The number of carboxylic acids is 2. The summed E-state index contributed by atoms with van der Waals surface area (Å²) in [5.74, 6) is -6.79. The van der Waals surface area contributed by atoms with E-state index >= 15 is 0 Å². The highest BCUT2D eigenvalue weighted by Gasteiger charge is 2.31. The van der Waals surface area contributed by atoms with E-state index in [1.807, 2.05) is 0 Å². The highest BCUT2D eigenvalue weighted by molar-refractivity contribution is 5.94. The lowest BCUT2D eigenvalue weighted by Crippen LogP contribution is -2.57. The van der Waals surface area contributed by atoms with Gasteiger partial charge < -0.3 is 43.4 Å². The SMILES string of the molecule is CC(C)CC(NC(=O)C(N)CCC(N)=O)C(=O)NC(CCC(N)=O)C(=O)NC(CCC(=O)O)C(=O)O. The van der Waals surface area contributed by atoms with Gasteiger partial charge in [0.1, 0.15) is 18.1 Å². The molecule has 4 atom stereocenters. The Bertz CT molecular complexity index is 833. The molecule has 15 heteroatoms. The summed E-state index contributed by atoms with van der Waals surface area (Å²) in [6.07, 6.45) is -1.61. The molecule has 204 valence electrons. The van der Waals surface area contributed by atoms with Crippen molar-refractivity contribution in [3.05, 3.63) is 0 Å². The zero-order chi connectivity index (χ0) is 28.0. The predicted molar refractivity (Wildman–Crippen MR) is 125 cm³/mol. The number of rotatable bonds is 18. The van der Waals surface area contributed by atoms with Crippen molar-refractivity contribution in [2.75, 3.05) is 0 Å². The van der Waals surface area contributed by atoms with E-state index in [-0.39, 0.29) is 38.0 Å². The lowest BCUT2D eigenvalue weighted by atomic mass is 10.0. The van der Waals surface area contributed by atoms with Crippen LogP contribution in [0.3, 0.4) is 0 Å². The van der Waals surface area contributed by atoms with Gasteiger partial charge in [0.25, 0.3) is 0 Å². The molecule has 11 N–H and O–H groups in total. The standard InChI is InChI=1S/C21H36N6O9/c1-10(2)9-14(27-18(32)11(22)3-6-15(23)28)20(34)25-12(4-7-16(24)29)19(33)26-13(21(35)36)5-8-17(30)31/h10-14H,3-9,22H2,1-2H3,(H2,23,28)(H2,24,29)(H,25,34)(H,26,33)(H,27,32)(H,30,31)(H,35,36). The van der Waals surface area contributed by atoms with Crippen LogP contribution in [0.1, 0.15) is 58.8 Å². The molecule has 0 spiro atoms. The first-order chi connectivity index (χ1) is 16.6. The molecule has 0 saturated heterocycles. The molecule has 0 bridgehead atoms. The molecule has 0 heterocycles. The number of nitrogens with two attached hydrogens (primary N) is 3. The maximum atomic E-state index is 13.0. The maximum absolute atomic E-state index is 13.0. The molecule has 0 aromatic heterocycles. The first-order valence-corrected chi connectivity index (χ1v) is 11.3. The highest BCUT2D eigenvalue weighted by Crippen LogP contribution is 2.09. The Hall–Kier alpha value is -3.75. The summed E-state index contributed by atoms with van der Waals surface area (Å²) >= 11 is 0. The average Bonchev–Trinajstić information content (AvgIpc) is 2.75. The molecule has 0 radical (unpaired) electrons. The number of hydrogen-bond acceptors (Lipinski definition) is 8. The first kappa shape index (κ1) is 32.2. The van der Waals surface area contributed by atoms with Crippen LogP contribution in [0.4, 0.5) is 0 Å². The third-order valence-corrected chi connectivity index (χ3v) is 4.95. The van der Waals surface area contributed by atoms with Crippen molar-refractivity contribution in [2.45, 2.75) is 83.0 Å². The Labute approximate surface area is 207 Å². The minimum absolute atomic E-state index is 0.0479. The molecular formula is C21H36N6O9. The zero-order valence-electron chi connectivity index (χ0n) is 20.3. The summed E-state index contributed by atoms with van der Waals surface area (Å²) in [6.45, 7) is 3.55. The molecule has 5 amide bonds. The largest absolute Gasteiger partial charge is 0.481 e. The molecule has 0 aromatic rings. The maximum Gasteiger partial charge on any atom is 0.326 e. The van der Waals surface area contributed by atoms with Gasteiger partial charge in [0.05, 0.1) is 6.04 Å². The normalized spacial score (nSPS) is 14.1. The van der Waals surface area contributed by atoms with E-state index in [9.17, 15) is 38.7 Å². The summed E-state index contributed by atoms with van der Waals surface area (Å²) in [5.41, 5.74) is 15.9. The summed E-state index contributed by atoms with van der Waals surface area (Å²) in [7, 11) is 0. The van der Waals surface area contributed by atoms with Gasteiger partial charge in [-0.3, -0.25) is 28.8 Å². The molecule has 0 aliphatic heterocycles. The Morgan fingerprint density at radius 3 is 1.58 bits per heavy atom. The van der Waals surface area contributed by atoms with Crippen LogP contribution < -0.4 is 33.2 Å². The van der Waals surface area contributed by atoms with Gasteiger partial charge in [-0.1, -0.05) is 13.8 Å². The summed E-state index contributed by atoms with van der Waals surface area (Å²) in [5, 5.41) is 25.0. The first-order valence-electron chi connectivity index (χ1n) is 11.3. The Morgan fingerprint density at radius 2 is 1.11 bits per heavy atom. The van der Waals surface area contributed by atoms with Crippen LogP contribution in [-0.2, 0) is 33.6 Å². The average molecular weight is 517 g/mol. The third kappa shape index (κ3) is 13.8. The molecule has 0 aromatic carbocycles. The number of amides is 5. The van der Waals surface area contributed by atoms with Crippen molar-refractivity contribution in [3.8, 4) is 0 Å². The van der Waals surface area contributed by atoms with Gasteiger partial charge in [0, 0.05) is 19.3 Å². The molecule has 4 unspecified atom stereocenters. The van der Waals surface area contributed by atoms with Gasteiger partial charge in [-0.15, -0.1) is 0 Å². The van der Waals surface area contributed by atoms with Gasteiger partial charge in [0.15, 0.2) is 0 Å². The van der Waals surface area contributed by atoms with Crippen LogP contribution in [0.2, 0.25) is 0 Å². The molecule has 0 fully saturated rings. The van der Waals surface area contributed by atoms with E-state index in [1.165, 1.54) is 0 Å². The number of carbonyl (C=O) groups excluding carboxylic acids is 5. The number of nitrogens with one attached hydrogen (secondary N) is 3. The van der Waals surface area contributed by atoms with E-state index in [0.29, 0.717) is 0 Å². The third-order valence-electron chi connectivity index (χ3n) is 4.95. The minimum Gasteiger partial charge on any atom is -0.481 e. The van der Waals surface area contributed by atoms with E-state index in [2.05, 4.69) is 16.0 Å². The van der Waals surface area contributed by atoms with Crippen LogP contribution >= 0.6 is 0 Å². The van der Waals surface area contributed by atoms with Gasteiger partial charge in [-0.05, 0) is 31.6 Å². The second-order valence-electron chi connectivity index (χ2n) is 8.70. The molecular weight excluding hydrogens is 480 g/mol. The van der Waals surface area contributed by atoms with Crippen molar-refractivity contribution in [2.24, 2.45) is 23.1 Å². The van der Waals surface area contributed by atoms with E-state index in [0.717, 1.165) is 0 Å². The minimum atomic E-state index is -1.56. The van der Waals surface area contributed by atoms with Crippen LogP contribution in [0.5, 0.6) is 0 Å². The lowest BCUT2D eigenvalue weighted by molar-refractivity contribution is -0.143. The fourth-order valence-electron chi connectivity index (χ4n) is 3.04. The number of carboxylic acid groups (broad SMARTS) is 2. The summed E-state index contributed by atoms with van der Waals surface area (Å²) in [4.78, 5) is 82.5. The summed E-state index contributed by atoms with van der Waals surface area (Å²) < 4.78 is 0. The monoisotopic (exact) mass is 516 g/mol. The second-order valence-corrected chi connectivity index (χ2v) is 8.70. The molecule has 0 rings (SSSR count). The fourth-order valence-corrected chi connectivity index (χ4v) is 3.04. The highest BCUT2D eigenvalue weighted by atomic mass is 16.4. The number of carbonyl (C=O) groups is 7. The zero-order valence-corrected chi connectivity index (χ0v) is 20.3. The van der Waals surface area contributed by atoms with E-state index in [4.69, 9.17) is 22.3 Å². The van der Waals surface area contributed by atoms with Crippen LogP contribution in [0.25, 0.3) is 0 Å². The molecule has 36 heavy (non-hydrogen) atoms. The molecule has 15 nitrogen and oxygen atoms in total. The van der Waals surface area contributed by atoms with Gasteiger partial charge in [-0.2, -0.15) is 0 Å². The Kier molecular flexibility index (Phi) is 14.4. The van der Waals surface area contributed by atoms with E-state index in [1.54, 1.807) is 13.8 Å². The lowest BCUT2D eigenvalue weighted by Gasteiger charge is -2.26. The van der Waals surface area contributed by atoms with Crippen LogP contribution in [0.15, 0.2) is 0 Å². The second kappa shape index (κ2) is 16.0. The fraction of sp³-hybridized carbons (Fsp3) is 0.667. The smallest absolute Gasteiger partial charge is 0.326 e. The van der Waals surface area contributed by atoms with Crippen molar-refractivity contribution < 1.29 is 43.8 Å². The van der Waals surface area contributed by atoms with Crippen molar-refractivity contribution >= 4 is 41.5 Å². The van der Waals surface area contributed by atoms with Gasteiger partial charge >= 0.3 is 11.9 Å². The Balaban J connectivity index is 5.57. The molecule has 0 saturated carbocycles. The van der Waals surface area contributed by atoms with Crippen LogP contribution in [0, 0.1) is 5.92 Å². The topological polar surface area (TPSA) is 274 Å². The Morgan fingerprint density at radius 1 is 0.667 bits per heavy atom. The van der Waals surface area contributed by atoms with E-state index < -0.39 is 78.5 Å². The number of primary amides is 2. The van der Waals surface area contributed by atoms with Crippen molar-refractivity contribution in [3.63, 3.8) is 0 Å². The van der Waals surface area contributed by atoms with Crippen molar-refractivity contribution in [1.82, 2.24) is 16.0 Å². The van der Waals surface area contributed by atoms with Crippen molar-refractivity contribution in [1.29, 1.82) is 0 Å². The molecule has 0 aliphatic carbocycles.